The summed E-state index contributed by atoms with van der Waals surface area (Å²) in [4.78, 5) is 0. The van der Waals surface area contributed by atoms with E-state index in [1.165, 1.54) is 0 Å². The number of aromatic amines is 1. The molecule has 2 heterocycles. The maximum Gasteiger partial charge on any atom is 0.240 e. The van der Waals surface area contributed by atoms with Crippen LogP contribution in [0.1, 0.15) is 0 Å². The number of nitrogens with one attached hydrogen (secondary N) is 1. The molecule has 0 saturated heterocycles. The van der Waals surface area contributed by atoms with Crippen molar-refractivity contribution in [2.24, 2.45) is 0 Å². The molecule has 0 spiro atoms. The Hall–Kier alpha value is -2.93. The van der Waals surface area contributed by atoms with Crippen molar-refractivity contribution in [3.8, 4) is 11.4 Å². The van der Waals surface area contributed by atoms with Crippen LogP contribution in [-0.4, -0.2) is 28.2 Å². The Balaban J connectivity index is 2.25. The summed E-state index contributed by atoms with van der Waals surface area (Å²) in [7, 11) is -2.39. The lowest BCUT2D eigenvalue weighted by atomic mass is 10.2. The van der Waals surface area contributed by atoms with Crippen LogP contribution < -0.4 is 0 Å². The van der Waals surface area contributed by atoms with Crippen LogP contribution in [-0.2, 0) is 10.3 Å². The Bertz CT molecular complexity index is 1170. The van der Waals surface area contributed by atoms with Gasteiger partial charge in [-0.05, 0) is 0 Å². The molecule has 0 amide bonds. The van der Waals surface area contributed by atoms with Gasteiger partial charge in [-0.3, -0.25) is 5.10 Å². The Morgan fingerprint density at radius 1 is 0.864 bits per heavy atom. The van der Waals surface area contributed by atoms with Crippen molar-refractivity contribution in [3.63, 3.8) is 0 Å². The molecule has 2 aromatic carbocycles. The zero-order chi connectivity index (χ0) is 15.1. The van der Waals surface area contributed by atoms with Gasteiger partial charge >= 0.3 is 0 Å². The van der Waals surface area contributed by atoms with Crippen molar-refractivity contribution in [2.75, 3.05) is 0 Å². The summed E-state index contributed by atoms with van der Waals surface area (Å²) in [5.41, 5.74) is 1.44. The molecule has 0 aliphatic carbocycles. The van der Waals surface area contributed by atoms with Gasteiger partial charge in [0.1, 0.15) is 0 Å². The van der Waals surface area contributed by atoms with Gasteiger partial charge in [-0.15, -0.1) is 10.2 Å². The second-order valence-corrected chi connectivity index (χ2v) is 5.65. The van der Waals surface area contributed by atoms with Crippen molar-refractivity contribution in [1.82, 2.24) is 19.8 Å². The summed E-state index contributed by atoms with van der Waals surface area (Å²) in [5, 5.41) is 12.6. The fourth-order valence-electron chi connectivity index (χ4n) is 2.50. The lowest BCUT2D eigenvalue weighted by molar-refractivity contribution is 0.623. The van der Waals surface area contributed by atoms with Crippen molar-refractivity contribution < 1.29 is 8.42 Å². The summed E-state index contributed by atoms with van der Waals surface area (Å²) in [6, 6.07) is 16.7. The Labute approximate surface area is 126 Å². The normalized spacial score (nSPS) is 11.1. The smallest absolute Gasteiger partial charge is 0.240 e. The van der Waals surface area contributed by atoms with Gasteiger partial charge in [-0.1, -0.05) is 54.6 Å². The summed E-state index contributed by atoms with van der Waals surface area (Å²) >= 11 is 0. The van der Waals surface area contributed by atoms with E-state index in [1.807, 2.05) is 42.5 Å². The number of rotatable bonds is 1. The van der Waals surface area contributed by atoms with Crippen molar-refractivity contribution in [2.45, 2.75) is 0 Å². The number of fused-ring (bicyclic) bond motifs is 3. The average molecular weight is 310 g/mol. The van der Waals surface area contributed by atoms with Crippen LogP contribution in [0.5, 0.6) is 0 Å². The van der Waals surface area contributed by atoms with Crippen LogP contribution in [0.25, 0.3) is 27.8 Å². The maximum atomic E-state index is 11.5. The van der Waals surface area contributed by atoms with Gasteiger partial charge in [0, 0.05) is 16.3 Å². The Morgan fingerprint density at radius 2 is 1.55 bits per heavy atom. The highest BCUT2D eigenvalue weighted by atomic mass is 32.2. The van der Waals surface area contributed by atoms with Crippen LogP contribution in [0.4, 0.5) is 0 Å². The quantitative estimate of drug-likeness (QED) is 0.547. The number of hydrogen-bond acceptors (Lipinski definition) is 4. The molecule has 0 unspecified atom stereocenters. The molecule has 0 fully saturated rings. The number of aromatic nitrogens is 4. The predicted molar refractivity (Wildman–Crippen MR) is 82.4 cm³/mol. The third-order valence-electron chi connectivity index (χ3n) is 3.49. The Morgan fingerprint density at radius 3 is 2.27 bits per heavy atom. The monoisotopic (exact) mass is 310 g/mol. The first-order valence-corrected chi connectivity index (χ1v) is 7.67. The lowest BCUT2D eigenvalue weighted by Gasteiger charge is -2.03. The molecule has 6 nitrogen and oxygen atoms in total. The molecular weight excluding hydrogens is 300 g/mol. The van der Waals surface area contributed by atoms with Crippen LogP contribution in [0, 0.1) is 4.64 Å². The standard InChI is InChI=1S/C15H10N4O2S/c20-22(21)15-12-9-5-4-8-11(12)14-17-16-13(19(14)18-15)10-6-2-1-3-7-10/h1-9,18H. The SMILES string of the molecule is O=S(=O)=c1[nH]n2c(-c3ccccc3)nnc2c2ccccc12. The number of hydrogen-bond donors (Lipinski definition) is 1. The fourth-order valence-corrected chi connectivity index (χ4v) is 3.03. The topological polar surface area (TPSA) is 80.1 Å². The van der Waals surface area contributed by atoms with Crippen LogP contribution in [0.2, 0.25) is 0 Å². The zero-order valence-corrected chi connectivity index (χ0v) is 12.1. The van der Waals surface area contributed by atoms with Crippen LogP contribution in [0.15, 0.2) is 54.6 Å². The minimum Gasteiger partial charge on any atom is -0.276 e. The van der Waals surface area contributed by atoms with Gasteiger partial charge in [0.25, 0.3) is 0 Å². The molecule has 0 radical (unpaired) electrons. The molecule has 0 bridgehead atoms. The molecule has 22 heavy (non-hydrogen) atoms. The summed E-state index contributed by atoms with van der Waals surface area (Å²) < 4.78 is 24.8. The van der Waals surface area contributed by atoms with E-state index in [0.29, 0.717) is 16.9 Å². The molecule has 0 saturated carbocycles. The van der Waals surface area contributed by atoms with Gasteiger partial charge in [-0.25, -0.2) is 4.52 Å². The van der Waals surface area contributed by atoms with Gasteiger partial charge < -0.3 is 0 Å². The molecule has 0 atom stereocenters. The van der Waals surface area contributed by atoms with Gasteiger partial charge in [0.15, 0.2) is 16.1 Å². The van der Waals surface area contributed by atoms with E-state index in [1.54, 1.807) is 16.6 Å². The van der Waals surface area contributed by atoms with Crippen LogP contribution in [0.3, 0.4) is 0 Å². The highest BCUT2D eigenvalue weighted by Crippen LogP contribution is 2.22. The first-order chi connectivity index (χ1) is 10.8. The van der Waals surface area contributed by atoms with Gasteiger partial charge in [0.2, 0.25) is 10.3 Å². The molecule has 2 aromatic heterocycles. The molecule has 4 rings (SSSR count). The van der Waals surface area contributed by atoms with E-state index < -0.39 is 10.3 Å². The Kier molecular flexibility index (Phi) is 2.80. The first kappa shape index (κ1) is 12.8. The third-order valence-corrected chi connectivity index (χ3v) is 4.13. The van der Waals surface area contributed by atoms with Crippen molar-refractivity contribution in [3.05, 3.63) is 59.2 Å². The van der Waals surface area contributed by atoms with Crippen LogP contribution >= 0.6 is 0 Å². The van der Waals surface area contributed by atoms with E-state index in [0.717, 1.165) is 10.9 Å². The lowest BCUT2D eigenvalue weighted by Crippen LogP contribution is -1.98. The largest absolute Gasteiger partial charge is 0.276 e. The van der Waals surface area contributed by atoms with E-state index in [9.17, 15) is 8.42 Å². The molecule has 0 aliphatic heterocycles. The first-order valence-electron chi connectivity index (χ1n) is 6.59. The molecule has 108 valence electrons. The number of nitrogens with zero attached hydrogens (tertiary/aromatic N) is 3. The van der Waals surface area contributed by atoms with Gasteiger partial charge in [0.05, 0.1) is 0 Å². The van der Waals surface area contributed by atoms with Crippen molar-refractivity contribution >= 4 is 26.7 Å². The molecule has 4 aromatic rings. The maximum absolute atomic E-state index is 11.5. The minimum atomic E-state index is -2.39. The molecule has 0 aliphatic rings. The number of benzene rings is 2. The molecule has 1 N–H and O–H groups in total. The summed E-state index contributed by atoms with van der Waals surface area (Å²) in [6.07, 6.45) is 0. The highest BCUT2D eigenvalue weighted by molar-refractivity contribution is 7.64. The average Bonchev–Trinajstić information content (AvgIpc) is 2.99. The molecule has 7 heteroatoms. The predicted octanol–water partition coefficient (Wildman–Crippen LogP) is 2.29. The fraction of sp³-hybridized carbons (Fsp3) is 0. The third kappa shape index (κ3) is 1.83. The summed E-state index contributed by atoms with van der Waals surface area (Å²) in [6.45, 7) is 0. The highest BCUT2D eigenvalue weighted by Gasteiger charge is 2.12. The van der Waals surface area contributed by atoms with E-state index in [4.69, 9.17) is 0 Å². The second kappa shape index (κ2) is 4.81. The number of H-pyrrole nitrogens is 1. The second-order valence-electron chi connectivity index (χ2n) is 4.77. The van der Waals surface area contributed by atoms with E-state index in [-0.39, 0.29) is 4.64 Å². The minimum absolute atomic E-state index is 0.111. The zero-order valence-electron chi connectivity index (χ0n) is 11.3. The van der Waals surface area contributed by atoms with E-state index >= 15 is 0 Å². The summed E-state index contributed by atoms with van der Waals surface area (Å²) in [5.74, 6) is 0.563. The van der Waals surface area contributed by atoms with Gasteiger partial charge in [-0.2, -0.15) is 8.42 Å². The molecular formula is C15H10N4O2S. The van der Waals surface area contributed by atoms with Crippen molar-refractivity contribution in [1.29, 1.82) is 0 Å². The van der Waals surface area contributed by atoms with E-state index in [2.05, 4.69) is 15.3 Å².